The van der Waals surface area contributed by atoms with Gasteiger partial charge < -0.3 is 4.42 Å². The van der Waals surface area contributed by atoms with E-state index in [-0.39, 0.29) is 0 Å². The zero-order chi connectivity index (χ0) is 41.7. The molecule has 5 heteroatoms. The Kier molecular flexibility index (Phi) is 8.75. The molecule has 3 aromatic heterocycles. The average Bonchev–Trinajstić information content (AvgIpc) is 3.75. The zero-order valence-electron chi connectivity index (χ0n) is 34.0. The maximum Gasteiger partial charge on any atom is 0.231 e. The van der Waals surface area contributed by atoms with E-state index >= 15 is 0 Å². The van der Waals surface area contributed by atoms with E-state index in [1.807, 2.05) is 42.5 Å². The molecule has 0 saturated heterocycles. The molecule has 0 radical (unpaired) electrons. The van der Waals surface area contributed by atoms with Crippen LogP contribution in [0.2, 0.25) is 0 Å². The van der Waals surface area contributed by atoms with Crippen LogP contribution in [0.5, 0.6) is 0 Å². The van der Waals surface area contributed by atoms with Crippen molar-refractivity contribution in [3.05, 3.63) is 218 Å². The van der Waals surface area contributed by atoms with Crippen LogP contribution in [-0.4, -0.2) is 19.9 Å². The predicted molar refractivity (Wildman–Crippen MR) is 258 cm³/mol. The number of furan rings is 1. The summed E-state index contributed by atoms with van der Waals surface area (Å²) in [6.45, 7) is 0. The van der Waals surface area contributed by atoms with Gasteiger partial charge in [-0.05, 0) is 75.2 Å². The van der Waals surface area contributed by atoms with Gasteiger partial charge in [0, 0.05) is 38.4 Å². The van der Waals surface area contributed by atoms with Crippen molar-refractivity contribution >= 4 is 43.7 Å². The third-order valence-corrected chi connectivity index (χ3v) is 11.9. The van der Waals surface area contributed by atoms with Crippen molar-refractivity contribution in [1.29, 1.82) is 0 Å². The van der Waals surface area contributed by atoms with Crippen LogP contribution in [0.1, 0.15) is 0 Å². The van der Waals surface area contributed by atoms with Gasteiger partial charge in [0.05, 0.1) is 22.3 Å². The van der Waals surface area contributed by atoms with E-state index in [9.17, 15) is 0 Å². The van der Waals surface area contributed by atoms with Crippen LogP contribution in [-0.2, 0) is 0 Å². The molecule has 0 amide bonds. The quantitative estimate of drug-likeness (QED) is 0.150. The van der Waals surface area contributed by atoms with Crippen LogP contribution in [0.3, 0.4) is 0 Å². The Bertz CT molecular complexity index is 3690. The lowest BCUT2D eigenvalue weighted by Crippen LogP contribution is -1.96. The molecule has 0 aliphatic carbocycles. The number of rotatable bonds is 7. The minimum absolute atomic E-state index is 0.577. The molecule has 3 heterocycles. The Morgan fingerprint density at radius 3 is 1.33 bits per heavy atom. The van der Waals surface area contributed by atoms with Gasteiger partial charge in [-0.1, -0.05) is 182 Å². The summed E-state index contributed by atoms with van der Waals surface area (Å²) in [5, 5.41) is 5.24. The summed E-state index contributed by atoms with van der Waals surface area (Å²) in [5.74, 6) is 1.32. The van der Waals surface area contributed by atoms with E-state index < -0.39 is 0 Å². The maximum atomic E-state index is 6.32. The van der Waals surface area contributed by atoms with E-state index in [0.717, 1.165) is 105 Å². The molecule has 0 saturated carbocycles. The van der Waals surface area contributed by atoms with Gasteiger partial charge in [0.1, 0.15) is 5.58 Å². The number of fused-ring (bicyclic) bond motifs is 6. The smallest absolute Gasteiger partial charge is 0.231 e. The molecule has 0 fully saturated rings. The fourth-order valence-electron chi connectivity index (χ4n) is 8.80. The minimum Gasteiger partial charge on any atom is -0.438 e. The highest BCUT2D eigenvalue weighted by Crippen LogP contribution is 2.38. The summed E-state index contributed by atoms with van der Waals surface area (Å²) in [5.41, 5.74) is 14.7. The van der Waals surface area contributed by atoms with E-state index in [2.05, 4.69) is 176 Å². The Morgan fingerprint density at radius 2 is 0.730 bits per heavy atom. The van der Waals surface area contributed by atoms with Crippen LogP contribution in [0.15, 0.2) is 223 Å². The molecule has 9 aromatic carbocycles. The summed E-state index contributed by atoms with van der Waals surface area (Å²) in [6.07, 6.45) is 0. The Hall–Kier alpha value is -8.54. The predicted octanol–water partition coefficient (Wildman–Crippen LogP) is 15.1. The molecule has 0 aliphatic heterocycles. The lowest BCUT2D eigenvalue weighted by Gasteiger charge is -2.13. The first-order valence-electron chi connectivity index (χ1n) is 21.1. The first-order valence-corrected chi connectivity index (χ1v) is 21.1. The second-order valence-corrected chi connectivity index (χ2v) is 15.8. The van der Waals surface area contributed by atoms with E-state index in [1.54, 1.807) is 0 Å². The summed E-state index contributed by atoms with van der Waals surface area (Å²) in [6, 6.07) is 75.9. The molecule has 0 N–H and O–H groups in total. The van der Waals surface area contributed by atoms with E-state index in [1.165, 1.54) is 0 Å². The van der Waals surface area contributed by atoms with Gasteiger partial charge in [-0.3, -0.25) is 0 Å². The van der Waals surface area contributed by atoms with Gasteiger partial charge in [-0.25, -0.2) is 15.0 Å². The number of aromatic nitrogens is 4. The van der Waals surface area contributed by atoms with E-state index in [4.69, 9.17) is 24.4 Å². The van der Waals surface area contributed by atoms with E-state index in [0.29, 0.717) is 17.4 Å². The molecular formula is C58H36N4O. The first-order chi connectivity index (χ1) is 31.2. The molecule has 0 spiro atoms. The number of para-hydroxylation sites is 1. The summed E-state index contributed by atoms with van der Waals surface area (Å²) in [7, 11) is 0. The maximum absolute atomic E-state index is 6.32. The van der Waals surface area contributed by atoms with Crippen molar-refractivity contribution in [2.45, 2.75) is 0 Å². The highest BCUT2D eigenvalue weighted by Gasteiger charge is 2.19. The second kappa shape index (κ2) is 15.2. The fourth-order valence-corrected chi connectivity index (χ4v) is 8.80. The summed E-state index contributed by atoms with van der Waals surface area (Å²) in [4.78, 5) is 20.7. The molecule has 0 atom stereocenters. The molecule has 12 aromatic rings. The molecule has 0 bridgehead atoms. The van der Waals surface area contributed by atoms with Crippen molar-refractivity contribution in [2.24, 2.45) is 0 Å². The van der Waals surface area contributed by atoms with Crippen LogP contribution in [0.25, 0.3) is 122 Å². The molecule has 5 nitrogen and oxygen atoms in total. The molecule has 12 rings (SSSR count). The van der Waals surface area contributed by atoms with Gasteiger partial charge in [-0.15, -0.1) is 0 Å². The van der Waals surface area contributed by atoms with Gasteiger partial charge >= 0.3 is 0 Å². The SMILES string of the molecule is c1ccc(-c2nc(-c3cccc(-c4cccc(-c5cccc(-c6cccc(-c7nc(-c8ccccc8)c8c(n7)oc7ccccc78)c6)c5)c4)c3)nc3c2ccc2ccccc23)cc1. The van der Waals surface area contributed by atoms with Crippen LogP contribution in [0, 0.1) is 0 Å². The molecular weight excluding hydrogens is 769 g/mol. The van der Waals surface area contributed by atoms with Gasteiger partial charge in [-0.2, -0.15) is 4.98 Å². The van der Waals surface area contributed by atoms with Crippen molar-refractivity contribution in [1.82, 2.24) is 19.9 Å². The average molecular weight is 805 g/mol. The van der Waals surface area contributed by atoms with Crippen molar-refractivity contribution in [2.75, 3.05) is 0 Å². The van der Waals surface area contributed by atoms with Gasteiger partial charge in [0.2, 0.25) is 5.71 Å². The van der Waals surface area contributed by atoms with Gasteiger partial charge in [0.15, 0.2) is 11.6 Å². The minimum atomic E-state index is 0.577. The van der Waals surface area contributed by atoms with Crippen molar-refractivity contribution < 1.29 is 4.42 Å². The van der Waals surface area contributed by atoms with Crippen LogP contribution >= 0.6 is 0 Å². The fraction of sp³-hybridized carbons (Fsp3) is 0. The lowest BCUT2D eigenvalue weighted by molar-refractivity contribution is 0.653. The first kappa shape index (κ1) is 36.3. The second-order valence-electron chi connectivity index (χ2n) is 15.8. The topological polar surface area (TPSA) is 64.7 Å². The number of nitrogens with zero attached hydrogens (tertiary/aromatic N) is 4. The Morgan fingerprint density at radius 1 is 0.286 bits per heavy atom. The molecule has 294 valence electrons. The Balaban J connectivity index is 0.897. The normalized spacial score (nSPS) is 11.5. The Labute approximate surface area is 363 Å². The molecule has 63 heavy (non-hydrogen) atoms. The number of benzene rings is 9. The van der Waals surface area contributed by atoms with Crippen molar-refractivity contribution in [3.8, 4) is 78.7 Å². The number of hydrogen-bond acceptors (Lipinski definition) is 5. The highest BCUT2D eigenvalue weighted by molar-refractivity contribution is 6.11. The zero-order valence-corrected chi connectivity index (χ0v) is 34.0. The van der Waals surface area contributed by atoms with Crippen LogP contribution in [0.4, 0.5) is 0 Å². The monoisotopic (exact) mass is 804 g/mol. The third kappa shape index (κ3) is 6.60. The van der Waals surface area contributed by atoms with Crippen molar-refractivity contribution in [3.63, 3.8) is 0 Å². The lowest BCUT2D eigenvalue weighted by atomic mass is 9.95. The summed E-state index contributed by atoms with van der Waals surface area (Å²) >= 11 is 0. The standard InChI is InChI=1S/C58H36N4O/c1-3-16-38(17-4-1)53-50-32-31-37-15-7-8-28-48(37)55(50)61-56(59-53)46-26-13-24-44(35-46)42-22-11-20-40(33-42)41-21-12-23-43(34-41)45-25-14-27-47(36-45)57-60-54(39-18-5-2-6-19-39)52-49-29-9-10-30-51(49)63-58(52)62-57/h1-36H. The molecule has 0 unspecified atom stereocenters. The number of hydrogen-bond donors (Lipinski definition) is 0. The van der Waals surface area contributed by atoms with Gasteiger partial charge in [0.25, 0.3) is 0 Å². The largest absolute Gasteiger partial charge is 0.438 e. The summed E-state index contributed by atoms with van der Waals surface area (Å²) < 4.78 is 6.32. The molecule has 0 aliphatic rings. The van der Waals surface area contributed by atoms with Crippen LogP contribution < -0.4 is 0 Å². The highest BCUT2D eigenvalue weighted by atomic mass is 16.3. The third-order valence-electron chi connectivity index (χ3n) is 11.9.